The Hall–Kier alpha value is -2.63. The van der Waals surface area contributed by atoms with Gasteiger partial charge in [0.05, 0.1) is 27.4 Å². The summed E-state index contributed by atoms with van der Waals surface area (Å²) in [5, 5.41) is 22.3. The molecule has 0 atom stereocenters. The molecular weight excluding hydrogens is 414 g/mol. The Bertz CT molecular complexity index is 1080. The van der Waals surface area contributed by atoms with E-state index in [1.807, 2.05) is 30.5 Å². The maximum absolute atomic E-state index is 10.3. The van der Waals surface area contributed by atoms with Crippen molar-refractivity contribution >= 4 is 10.8 Å². The Labute approximate surface area is 196 Å². The molecule has 1 heterocycles. The minimum absolute atomic E-state index is 0.145. The van der Waals surface area contributed by atoms with Crippen LogP contribution in [0, 0.1) is 0 Å². The fraction of sp³-hybridized carbons (Fsp3) is 0.464. The van der Waals surface area contributed by atoms with E-state index >= 15 is 0 Å². The summed E-state index contributed by atoms with van der Waals surface area (Å²) in [6.45, 7) is -0.301. The predicted molar refractivity (Wildman–Crippen MR) is 132 cm³/mol. The van der Waals surface area contributed by atoms with Crippen molar-refractivity contribution in [3.63, 3.8) is 0 Å². The first-order valence-corrected chi connectivity index (χ1v) is 12.1. The summed E-state index contributed by atoms with van der Waals surface area (Å²) in [6.07, 6.45) is 12.0. The molecule has 1 aromatic heterocycles. The monoisotopic (exact) mass is 449 g/mol. The Balaban J connectivity index is 1.88. The third kappa shape index (κ3) is 4.99. The molecule has 2 N–H and O–H groups in total. The highest BCUT2D eigenvalue weighted by Crippen LogP contribution is 2.41. The van der Waals surface area contributed by atoms with Gasteiger partial charge in [0, 0.05) is 17.8 Å². The van der Waals surface area contributed by atoms with Crippen molar-refractivity contribution in [1.82, 2.24) is 4.98 Å². The third-order valence-electron chi connectivity index (χ3n) is 7.02. The van der Waals surface area contributed by atoms with Gasteiger partial charge in [0.1, 0.15) is 0 Å². The van der Waals surface area contributed by atoms with E-state index in [0.717, 1.165) is 33.2 Å². The number of nitrogens with zero attached hydrogens (tertiary/aromatic N) is 1. The average Bonchev–Trinajstić information content (AvgIpc) is 3.00. The third-order valence-corrected chi connectivity index (χ3v) is 7.02. The Morgan fingerprint density at radius 1 is 0.848 bits per heavy atom. The maximum atomic E-state index is 10.3. The molecule has 0 aliphatic heterocycles. The van der Waals surface area contributed by atoms with Crippen molar-refractivity contribution < 1.29 is 19.7 Å². The number of fused-ring (bicyclic) bond motifs is 1. The van der Waals surface area contributed by atoms with Crippen molar-refractivity contribution in [3.8, 4) is 22.6 Å². The van der Waals surface area contributed by atoms with E-state index in [0.29, 0.717) is 23.0 Å². The van der Waals surface area contributed by atoms with Crippen LogP contribution in [-0.2, 0) is 13.2 Å². The SMILES string of the molecule is COc1cc2cc(CO)c(CO)c(-c3ccnc(C4CCCCCCCC4)c3)c2cc1OC. The minimum atomic E-state index is -0.156. The van der Waals surface area contributed by atoms with Gasteiger partial charge < -0.3 is 19.7 Å². The van der Waals surface area contributed by atoms with Crippen LogP contribution in [0.2, 0.25) is 0 Å². The zero-order valence-electron chi connectivity index (χ0n) is 19.8. The number of hydrogen-bond donors (Lipinski definition) is 2. The number of ether oxygens (including phenoxy) is 2. The number of hydrogen-bond acceptors (Lipinski definition) is 5. The second-order valence-corrected chi connectivity index (χ2v) is 9.00. The number of benzene rings is 2. The standard InChI is InChI=1S/C28H35NO4/c1-32-26-15-21-13-22(17-30)24(18-31)28(23(21)16-27(26)33-2)20-11-12-29-25(14-20)19-9-7-5-3-4-6-8-10-19/h11-16,19,30-31H,3-10,17-18H2,1-2H3. The molecule has 2 aromatic carbocycles. The van der Waals surface area contributed by atoms with Crippen LogP contribution in [-0.4, -0.2) is 29.4 Å². The molecule has 0 unspecified atom stereocenters. The first kappa shape index (κ1) is 23.5. The molecular formula is C28H35NO4. The van der Waals surface area contributed by atoms with Gasteiger partial charge in [-0.05, 0) is 76.2 Å². The molecule has 1 aliphatic rings. The summed E-state index contributed by atoms with van der Waals surface area (Å²) in [5.74, 6) is 1.73. The normalized spacial score (nSPS) is 15.6. The number of aliphatic hydroxyl groups excluding tert-OH is 2. The molecule has 0 spiro atoms. The van der Waals surface area contributed by atoms with Crippen molar-refractivity contribution in [1.29, 1.82) is 0 Å². The zero-order valence-corrected chi connectivity index (χ0v) is 19.8. The summed E-state index contributed by atoms with van der Waals surface area (Å²) in [4.78, 5) is 4.77. The molecule has 176 valence electrons. The van der Waals surface area contributed by atoms with E-state index in [1.165, 1.54) is 51.4 Å². The highest BCUT2D eigenvalue weighted by molar-refractivity contribution is 6.01. The minimum Gasteiger partial charge on any atom is -0.493 e. The van der Waals surface area contributed by atoms with Crippen molar-refractivity contribution in [2.45, 2.75) is 70.5 Å². The number of pyridine rings is 1. The molecule has 5 nitrogen and oxygen atoms in total. The largest absolute Gasteiger partial charge is 0.493 e. The maximum Gasteiger partial charge on any atom is 0.161 e. The second kappa shape index (κ2) is 11.0. The first-order valence-electron chi connectivity index (χ1n) is 12.1. The van der Waals surface area contributed by atoms with Crippen LogP contribution in [0.25, 0.3) is 21.9 Å². The lowest BCUT2D eigenvalue weighted by Gasteiger charge is -2.20. The number of methoxy groups -OCH3 is 2. The molecule has 1 saturated carbocycles. The molecule has 1 fully saturated rings. The summed E-state index contributed by atoms with van der Waals surface area (Å²) in [6, 6.07) is 10.0. The number of aliphatic hydroxyl groups is 2. The van der Waals surface area contributed by atoms with Crippen LogP contribution in [0.5, 0.6) is 11.5 Å². The van der Waals surface area contributed by atoms with E-state index in [4.69, 9.17) is 14.5 Å². The number of aromatic nitrogens is 1. The second-order valence-electron chi connectivity index (χ2n) is 9.00. The quantitative estimate of drug-likeness (QED) is 0.474. The molecule has 0 saturated heterocycles. The van der Waals surface area contributed by atoms with Crippen LogP contribution in [0.1, 0.15) is 74.1 Å². The van der Waals surface area contributed by atoms with Gasteiger partial charge in [-0.2, -0.15) is 0 Å². The first-order chi connectivity index (χ1) is 16.2. The van der Waals surface area contributed by atoms with Gasteiger partial charge in [-0.1, -0.05) is 38.5 Å². The lowest BCUT2D eigenvalue weighted by molar-refractivity contribution is 0.260. The fourth-order valence-electron chi connectivity index (χ4n) is 5.24. The highest BCUT2D eigenvalue weighted by atomic mass is 16.5. The van der Waals surface area contributed by atoms with Gasteiger partial charge >= 0.3 is 0 Å². The summed E-state index contributed by atoms with van der Waals surface area (Å²) in [5.41, 5.74) is 4.52. The summed E-state index contributed by atoms with van der Waals surface area (Å²) < 4.78 is 11.1. The molecule has 0 amide bonds. The zero-order chi connectivity index (χ0) is 23.2. The molecule has 0 radical (unpaired) electrons. The van der Waals surface area contributed by atoms with Gasteiger partial charge in [-0.25, -0.2) is 0 Å². The molecule has 5 heteroatoms. The highest BCUT2D eigenvalue weighted by Gasteiger charge is 2.20. The number of rotatable bonds is 6. The van der Waals surface area contributed by atoms with Crippen LogP contribution < -0.4 is 9.47 Å². The van der Waals surface area contributed by atoms with E-state index in [-0.39, 0.29) is 13.2 Å². The van der Waals surface area contributed by atoms with Gasteiger partial charge in [0.2, 0.25) is 0 Å². The van der Waals surface area contributed by atoms with Crippen molar-refractivity contribution in [2.75, 3.05) is 14.2 Å². The van der Waals surface area contributed by atoms with Crippen molar-refractivity contribution in [2.24, 2.45) is 0 Å². The molecule has 4 rings (SSSR count). The predicted octanol–water partition coefficient (Wildman–Crippen LogP) is 6.12. The van der Waals surface area contributed by atoms with E-state index in [2.05, 4.69) is 6.07 Å². The van der Waals surface area contributed by atoms with Crippen LogP contribution in [0.15, 0.2) is 36.5 Å². The Morgan fingerprint density at radius 3 is 2.15 bits per heavy atom. The van der Waals surface area contributed by atoms with Gasteiger partial charge in [-0.15, -0.1) is 0 Å². The fourth-order valence-corrected chi connectivity index (χ4v) is 5.24. The lowest BCUT2D eigenvalue weighted by Crippen LogP contribution is -2.04. The molecule has 0 bridgehead atoms. The van der Waals surface area contributed by atoms with Gasteiger partial charge in [-0.3, -0.25) is 4.98 Å². The molecule has 33 heavy (non-hydrogen) atoms. The lowest BCUT2D eigenvalue weighted by atomic mass is 9.87. The molecule has 1 aliphatic carbocycles. The molecule has 3 aromatic rings. The smallest absolute Gasteiger partial charge is 0.161 e. The van der Waals surface area contributed by atoms with Crippen LogP contribution in [0.3, 0.4) is 0 Å². The Kier molecular flexibility index (Phi) is 7.84. The topological polar surface area (TPSA) is 71.8 Å². The average molecular weight is 450 g/mol. The van der Waals surface area contributed by atoms with E-state index in [9.17, 15) is 10.2 Å². The van der Waals surface area contributed by atoms with Crippen LogP contribution in [0.4, 0.5) is 0 Å². The summed E-state index contributed by atoms with van der Waals surface area (Å²) in [7, 11) is 3.24. The van der Waals surface area contributed by atoms with Gasteiger partial charge in [0.25, 0.3) is 0 Å². The van der Waals surface area contributed by atoms with Crippen molar-refractivity contribution in [3.05, 3.63) is 53.3 Å². The van der Waals surface area contributed by atoms with Gasteiger partial charge in [0.15, 0.2) is 11.5 Å². The summed E-state index contributed by atoms with van der Waals surface area (Å²) >= 11 is 0. The Morgan fingerprint density at radius 2 is 1.52 bits per heavy atom. The van der Waals surface area contributed by atoms with E-state index < -0.39 is 0 Å². The van der Waals surface area contributed by atoms with E-state index in [1.54, 1.807) is 14.2 Å². The van der Waals surface area contributed by atoms with Crippen LogP contribution >= 0.6 is 0 Å².